The van der Waals surface area contributed by atoms with Crippen LogP contribution in [0.4, 0.5) is 0 Å². The number of hydrogen-bond donors (Lipinski definition) is 1. The molecule has 0 radical (unpaired) electrons. The Labute approximate surface area is 205 Å². The molecule has 0 unspecified atom stereocenters. The van der Waals surface area contributed by atoms with Crippen molar-refractivity contribution in [2.24, 2.45) is 4.99 Å². The Morgan fingerprint density at radius 1 is 1.10 bits per heavy atom. The fourth-order valence-corrected chi connectivity index (χ4v) is 5.88. The first-order valence-electron chi connectivity index (χ1n) is 11.7. The van der Waals surface area contributed by atoms with Gasteiger partial charge >= 0.3 is 0 Å². The Morgan fingerprint density at radius 3 is 2.43 bits per heavy atom. The fourth-order valence-electron chi connectivity index (χ4n) is 4.98. The molecular formula is C22H43IN4O2S. The number of ether oxygens (including phenoxy) is 2. The molecule has 1 saturated carbocycles. The van der Waals surface area contributed by atoms with Crippen LogP contribution in [0, 0.1) is 0 Å². The molecule has 2 aliphatic heterocycles. The summed E-state index contributed by atoms with van der Waals surface area (Å²) in [6, 6.07) is 0. The van der Waals surface area contributed by atoms with E-state index in [2.05, 4.69) is 33.8 Å². The van der Waals surface area contributed by atoms with Crippen LogP contribution in [0.15, 0.2) is 4.99 Å². The van der Waals surface area contributed by atoms with Crippen molar-refractivity contribution in [3.8, 4) is 0 Å². The minimum atomic E-state index is 0. The molecule has 3 fully saturated rings. The van der Waals surface area contributed by atoms with Gasteiger partial charge in [-0.1, -0.05) is 12.8 Å². The van der Waals surface area contributed by atoms with Gasteiger partial charge in [0.05, 0.1) is 12.6 Å². The van der Waals surface area contributed by atoms with Crippen molar-refractivity contribution >= 4 is 41.7 Å². The Hall–Kier alpha value is 0.230. The largest absolute Gasteiger partial charge is 0.385 e. The summed E-state index contributed by atoms with van der Waals surface area (Å²) in [7, 11) is 1.75. The van der Waals surface area contributed by atoms with Crippen LogP contribution in [-0.4, -0.2) is 98.5 Å². The molecule has 0 aromatic heterocycles. The van der Waals surface area contributed by atoms with Gasteiger partial charge in [-0.15, -0.1) is 24.0 Å². The number of methoxy groups -OCH3 is 1. The molecule has 8 heteroatoms. The zero-order valence-electron chi connectivity index (χ0n) is 19.1. The molecular weight excluding hydrogens is 511 g/mol. The van der Waals surface area contributed by atoms with Gasteiger partial charge in [0.1, 0.15) is 0 Å². The predicted molar refractivity (Wildman–Crippen MR) is 139 cm³/mol. The van der Waals surface area contributed by atoms with Crippen LogP contribution in [0.1, 0.15) is 51.9 Å². The molecule has 1 N–H and O–H groups in total. The van der Waals surface area contributed by atoms with Gasteiger partial charge in [0, 0.05) is 70.1 Å². The maximum absolute atomic E-state index is 6.03. The van der Waals surface area contributed by atoms with Gasteiger partial charge in [-0.05, 0) is 39.0 Å². The van der Waals surface area contributed by atoms with Crippen LogP contribution in [0.25, 0.3) is 0 Å². The van der Waals surface area contributed by atoms with E-state index in [1.807, 2.05) is 0 Å². The highest BCUT2D eigenvalue weighted by molar-refractivity contribution is 14.0. The molecule has 0 aromatic rings. The SMILES string of the molecule is CCNC(=NCC1(N2CCSCC2)CCCC1)N1CCC(OCCCOC)CC1.I. The normalized spacial score (nSPS) is 23.4. The Morgan fingerprint density at radius 2 is 1.80 bits per heavy atom. The molecule has 0 atom stereocenters. The van der Waals surface area contributed by atoms with Crippen molar-refractivity contribution in [2.75, 3.05) is 71.1 Å². The first-order valence-corrected chi connectivity index (χ1v) is 12.9. The van der Waals surface area contributed by atoms with Gasteiger partial charge in [-0.3, -0.25) is 9.89 Å². The minimum Gasteiger partial charge on any atom is -0.385 e. The molecule has 2 saturated heterocycles. The van der Waals surface area contributed by atoms with Crippen molar-refractivity contribution in [1.29, 1.82) is 0 Å². The third-order valence-corrected chi connectivity index (χ3v) is 7.60. The van der Waals surface area contributed by atoms with E-state index in [1.165, 1.54) is 50.3 Å². The fraction of sp³-hybridized carbons (Fsp3) is 0.955. The zero-order chi connectivity index (χ0) is 20.4. The highest BCUT2D eigenvalue weighted by atomic mass is 127. The van der Waals surface area contributed by atoms with E-state index in [9.17, 15) is 0 Å². The smallest absolute Gasteiger partial charge is 0.193 e. The standard InChI is InChI=1S/C22H42N4O2S.HI/c1-3-23-21(25-11-7-20(8-12-25)28-16-6-15-27-2)24-19-22(9-4-5-10-22)26-13-17-29-18-14-26;/h20H,3-19H2,1-2H3,(H,23,24);1H. The zero-order valence-corrected chi connectivity index (χ0v) is 22.2. The average Bonchev–Trinajstić information content (AvgIpc) is 3.26. The molecule has 0 spiro atoms. The first-order chi connectivity index (χ1) is 14.3. The molecule has 6 nitrogen and oxygen atoms in total. The molecule has 0 aromatic carbocycles. The molecule has 3 aliphatic rings. The first kappa shape index (κ1) is 26.5. The van der Waals surface area contributed by atoms with E-state index < -0.39 is 0 Å². The minimum absolute atomic E-state index is 0. The Bertz CT molecular complexity index is 492. The van der Waals surface area contributed by atoms with Crippen molar-refractivity contribution in [2.45, 2.75) is 63.5 Å². The third kappa shape index (κ3) is 7.67. The second kappa shape index (κ2) is 14.4. The number of rotatable bonds is 9. The van der Waals surface area contributed by atoms with Gasteiger partial charge in [0.25, 0.3) is 0 Å². The number of nitrogens with one attached hydrogen (secondary N) is 1. The molecule has 0 amide bonds. The van der Waals surface area contributed by atoms with Crippen molar-refractivity contribution in [1.82, 2.24) is 15.1 Å². The summed E-state index contributed by atoms with van der Waals surface area (Å²) in [6.45, 7) is 10.2. The van der Waals surface area contributed by atoms with Gasteiger partial charge < -0.3 is 19.7 Å². The van der Waals surface area contributed by atoms with Crippen LogP contribution >= 0.6 is 35.7 Å². The number of piperidine rings is 1. The summed E-state index contributed by atoms with van der Waals surface area (Å²) in [6.07, 6.45) is 8.91. The highest BCUT2D eigenvalue weighted by Gasteiger charge is 2.40. The maximum atomic E-state index is 6.03. The van der Waals surface area contributed by atoms with Crippen LogP contribution in [0.2, 0.25) is 0 Å². The van der Waals surface area contributed by atoms with E-state index in [-0.39, 0.29) is 24.0 Å². The lowest BCUT2D eigenvalue weighted by molar-refractivity contribution is 0.00983. The number of aliphatic imine (C=N–C) groups is 1. The van der Waals surface area contributed by atoms with Gasteiger partial charge in [-0.25, -0.2) is 0 Å². The van der Waals surface area contributed by atoms with Crippen molar-refractivity contribution < 1.29 is 9.47 Å². The number of thioether (sulfide) groups is 1. The molecule has 176 valence electrons. The quantitative estimate of drug-likeness (QED) is 0.204. The molecule has 2 heterocycles. The molecule has 3 rings (SSSR count). The molecule has 0 bridgehead atoms. The van der Waals surface area contributed by atoms with E-state index in [0.717, 1.165) is 64.6 Å². The van der Waals surface area contributed by atoms with Gasteiger partial charge in [0.15, 0.2) is 5.96 Å². The monoisotopic (exact) mass is 554 g/mol. The van der Waals surface area contributed by atoms with E-state index in [0.29, 0.717) is 11.6 Å². The summed E-state index contributed by atoms with van der Waals surface area (Å²) in [5.41, 5.74) is 0.310. The van der Waals surface area contributed by atoms with E-state index >= 15 is 0 Å². The van der Waals surface area contributed by atoms with Crippen LogP contribution in [0.5, 0.6) is 0 Å². The van der Waals surface area contributed by atoms with E-state index in [4.69, 9.17) is 14.5 Å². The lowest BCUT2D eigenvalue weighted by Crippen LogP contribution is -2.53. The number of likely N-dealkylation sites (tertiary alicyclic amines) is 1. The van der Waals surface area contributed by atoms with Crippen LogP contribution < -0.4 is 5.32 Å². The third-order valence-electron chi connectivity index (χ3n) is 6.66. The van der Waals surface area contributed by atoms with Gasteiger partial charge in [0.2, 0.25) is 0 Å². The number of halogens is 1. The lowest BCUT2D eigenvalue weighted by atomic mass is 9.95. The topological polar surface area (TPSA) is 49.3 Å². The summed E-state index contributed by atoms with van der Waals surface area (Å²) < 4.78 is 11.1. The summed E-state index contributed by atoms with van der Waals surface area (Å²) in [5, 5.41) is 3.57. The number of guanidine groups is 1. The van der Waals surface area contributed by atoms with E-state index in [1.54, 1.807) is 7.11 Å². The molecule has 30 heavy (non-hydrogen) atoms. The highest BCUT2D eigenvalue weighted by Crippen LogP contribution is 2.37. The predicted octanol–water partition coefficient (Wildman–Crippen LogP) is 3.45. The van der Waals surface area contributed by atoms with Crippen LogP contribution in [0.3, 0.4) is 0 Å². The summed E-state index contributed by atoms with van der Waals surface area (Å²) >= 11 is 2.10. The van der Waals surface area contributed by atoms with Gasteiger partial charge in [-0.2, -0.15) is 11.8 Å². The summed E-state index contributed by atoms with van der Waals surface area (Å²) in [4.78, 5) is 10.4. The summed E-state index contributed by atoms with van der Waals surface area (Å²) in [5.74, 6) is 3.68. The number of hydrogen-bond acceptors (Lipinski definition) is 5. The average molecular weight is 555 g/mol. The van der Waals surface area contributed by atoms with Crippen molar-refractivity contribution in [3.63, 3.8) is 0 Å². The second-order valence-electron chi connectivity index (χ2n) is 8.60. The Balaban J connectivity index is 0.00000320. The van der Waals surface area contributed by atoms with Crippen LogP contribution in [-0.2, 0) is 9.47 Å². The second-order valence-corrected chi connectivity index (χ2v) is 9.83. The Kier molecular flexibility index (Phi) is 12.7. The number of nitrogens with zero attached hydrogens (tertiary/aromatic N) is 3. The van der Waals surface area contributed by atoms with Crippen molar-refractivity contribution in [3.05, 3.63) is 0 Å². The lowest BCUT2D eigenvalue weighted by Gasteiger charge is -2.43. The maximum Gasteiger partial charge on any atom is 0.193 e. The molecule has 1 aliphatic carbocycles.